The molecule has 3 heteroatoms. The van der Waals surface area contributed by atoms with Crippen LogP contribution in [0.1, 0.15) is 50.0 Å². The zero-order chi connectivity index (χ0) is 11.5. The summed E-state index contributed by atoms with van der Waals surface area (Å²) >= 11 is 0. The molecule has 1 saturated carbocycles. The first kappa shape index (κ1) is 11.6. The zero-order valence-corrected chi connectivity index (χ0v) is 10.7. The predicted octanol–water partition coefficient (Wildman–Crippen LogP) is 2.43. The van der Waals surface area contributed by atoms with Crippen molar-refractivity contribution in [2.75, 3.05) is 7.05 Å². The van der Waals surface area contributed by atoms with Crippen LogP contribution in [-0.4, -0.2) is 16.8 Å². The van der Waals surface area contributed by atoms with Crippen LogP contribution in [0.25, 0.3) is 0 Å². The van der Waals surface area contributed by atoms with Gasteiger partial charge in [0.15, 0.2) is 0 Å². The highest BCUT2D eigenvalue weighted by Gasteiger charge is 2.24. The van der Waals surface area contributed by atoms with E-state index < -0.39 is 0 Å². The Morgan fingerprint density at radius 1 is 1.56 bits per heavy atom. The average molecular weight is 221 g/mol. The number of aromatic nitrogens is 2. The molecule has 3 nitrogen and oxygen atoms in total. The van der Waals surface area contributed by atoms with Crippen molar-refractivity contribution in [3.8, 4) is 0 Å². The summed E-state index contributed by atoms with van der Waals surface area (Å²) in [5.74, 6) is 0.928. The van der Waals surface area contributed by atoms with E-state index in [2.05, 4.69) is 37.5 Å². The molecule has 1 N–H and O–H groups in total. The van der Waals surface area contributed by atoms with Gasteiger partial charge in [-0.25, -0.2) is 0 Å². The Hall–Kier alpha value is -0.830. The molecule has 0 bridgehead atoms. The van der Waals surface area contributed by atoms with E-state index in [1.54, 1.807) is 0 Å². The Labute approximate surface area is 98.2 Å². The summed E-state index contributed by atoms with van der Waals surface area (Å²) in [6.07, 6.45) is 6.53. The molecule has 1 unspecified atom stereocenters. The van der Waals surface area contributed by atoms with Crippen LogP contribution in [0.5, 0.6) is 0 Å². The molecule has 1 fully saturated rings. The quantitative estimate of drug-likeness (QED) is 0.827. The lowest BCUT2D eigenvalue weighted by molar-refractivity contribution is 0.261. The molecule has 1 aromatic heterocycles. The third-order valence-corrected chi connectivity index (χ3v) is 3.83. The van der Waals surface area contributed by atoms with Crippen LogP contribution in [0, 0.1) is 5.92 Å². The van der Waals surface area contributed by atoms with Gasteiger partial charge in [-0.1, -0.05) is 26.2 Å². The van der Waals surface area contributed by atoms with E-state index in [-0.39, 0.29) is 0 Å². The van der Waals surface area contributed by atoms with E-state index >= 15 is 0 Å². The van der Waals surface area contributed by atoms with Gasteiger partial charge in [0.2, 0.25) is 0 Å². The first-order chi connectivity index (χ1) is 7.74. The molecular formula is C13H23N3. The van der Waals surface area contributed by atoms with E-state index in [0.717, 1.165) is 12.3 Å². The molecule has 0 saturated heterocycles. The second kappa shape index (κ2) is 5.00. The van der Waals surface area contributed by atoms with Crippen molar-refractivity contribution in [1.82, 2.24) is 15.1 Å². The first-order valence-electron chi connectivity index (χ1n) is 6.44. The highest BCUT2D eigenvalue weighted by molar-refractivity contribution is 5.14. The average Bonchev–Trinajstić information content (AvgIpc) is 2.59. The van der Waals surface area contributed by atoms with Crippen LogP contribution in [0.2, 0.25) is 0 Å². The Bertz CT molecular complexity index is 339. The van der Waals surface area contributed by atoms with Crippen molar-refractivity contribution < 1.29 is 0 Å². The van der Waals surface area contributed by atoms with Crippen LogP contribution in [0.4, 0.5) is 0 Å². The SMILES string of the molecule is CCc1cc(C(CC2CCC2)NC)n(C)n1. The molecule has 16 heavy (non-hydrogen) atoms. The number of hydrogen-bond donors (Lipinski definition) is 1. The standard InChI is InChI=1S/C13H23N3/c1-4-11-9-13(16(3)15-11)12(14-2)8-10-6-5-7-10/h9-10,12,14H,4-8H2,1-3H3. The molecule has 0 aromatic carbocycles. The lowest BCUT2D eigenvalue weighted by Crippen LogP contribution is -2.24. The summed E-state index contributed by atoms with van der Waals surface area (Å²) in [6.45, 7) is 2.16. The van der Waals surface area contributed by atoms with Gasteiger partial charge in [-0.3, -0.25) is 4.68 Å². The van der Waals surface area contributed by atoms with Crippen molar-refractivity contribution in [3.63, 3.8) is 0 Å². The van der Waals surface area contributed by atoms with Gasteiger partial charge in [0.1, 0.15) is 0 Å². The van der Waals surface area contributed by atoms with Gasteiger partial charge in [-0.15, -0.1) is 0 Å². The summed E-state index contributed by atoms with van der Waals surface area (Å²) in [7, 11) is 4.11. The lowest BCUT2D eigenvalue weighted by Gasteiger charge is -2.29. The largest absolute Gasteiger partial charge is 0.312 e. The molecule has 0 aliphatic heterocycles. The minimum atomic E-state index is 0.475. The maximum atomic E-state index is 4.53. The van der Waals surface area contributed by atoms with Gasteiger partial charge < -0.3 is 5.32 Å². The molecule has 0 radical (unpaired) electrons. The van der Waals surface area contributed by atoms with E-state index in [1.807, 2.05) is 4.68 Å². The Kier molecular flexibility index (Phi) is 3.64. The summed E-state index contributed by atoms with van der Waals surface area (Å²) in [4.78, 5) is 0. The highest BCUT2D eigenvalue weighted by Crippen LogP contribution is 2.34. The van der Waals surface area contributed by atoms with Crippen molar-refractivity contribution >= 4 is 0 Å². The van der Waals surface area contributed by atoms with Gasteiger partial charge >= 0.3 is 0 Å². The fraction of sp³-hybridized carbons (Fsp3) is 0.769. The van der Waals surface area contributed by atoms with Gasteiger partial charge in [-0.05, 0) is 31.9 Å². The fourth-order valence-electron chi connectivity index (χ4n) is 2.49. The third-order valence-electron chi connectivity index (χ3n) is 3.83. The number of nitrogens with one attached hydrogen (secondary N) is 1. The van der Waals surface area contributed by atoms with E-state index in [9.17, 15) is 0 Å². The fourth-order valence-corrected chi connectivity index (χ4v) is 2.49. The molecule has 1 heterocycles. The van der Waals surface area contributed by atoms with Crippen molar-refractivity contribution in [2.45, 2.75) is 45.1 Å². The second-order valence-corrected chi connectivity index (χ2v) is 4.91. The third kappa shape index (κ3) is 2.29. The molecule has 1 aromatic rings. The Morgan fingerprint density at radius 2 is 2.31 bits per heavy atom. The maximum Gasteiger partial charge on any atom is 0.0625 e. The molecular weight excluding hydrogens is 198 g/mol. The summed E-state index contributed by atoms with van der Waals surface area (Å²) in [5.41, 5.74) is 2.54. The van der Waals surface area contributed by atoms with Crippen LogP contribution < -0.4 is 5.32 Å². The van der Waals surface area contributed by atoms with E-state index in [4.69, 9.17) is 0 Å². The molecule has 2 rings (SSSR count). The predicted molar refractivity (Wildman–Crippen MR) is 66.3 cm³/mol. The summed E-state index contributed by atoms with van der Waals surface area (Å²) in [5, 5.41) is 7.96. The van der Waals surface area contributed by atoms with E-state index in [1.165, 1.54) is 37.1 Å². The van der Waals surface area contributed by atoms with Crippen molar-refractivity contribution in [2.24, 2.45) is 13.0 Å². The summed E-state index contributed by atoms with van der Waals surface area (Å²) < 4.78 is 2.04. The number of aryl methyl sites for hydroxylation is 2. The van der Waals surface area contributed by atoms with Gasteiger partial charge in [0.25, 0.3) is 0 Å². The highest BCUT2D eigenvalue weighted by atomic mass is 15.3. The van der Waals surface area contributed by atoms with E-state index in [0.29, 0.717) is 6.04 Å². The maximum absolute atomic E-state index is 4.53. The molecule has 0 spiro atoms. The molecule has 0 amide bonds. The smallest absolute Gasteiger partial charge is 0.0625 e. The van der Waals surface area contributed by atoms with Crippen molar-refractivity contribution in [3.05, 3.63) is 17.5 Å². The van der Waals surface area contributed by atoms with Crippen LogP contribution in [0.3, 0.4) is 0 Å². The minimum absolute atomic E-state index is 0.475. The lowest BCUT2D eigenvalue weighted by atomic mass is 9.80. The number of nitrogens with zero attached hydrogens (tertiary/aromatic N) is 2. The Morgan fingerprint density at radius 3 is 2.75 bits per heavy atom. The normalized spacial score (nSPS) is 18.4. The molecule has 1 aliphatic rings. The number of rotatable bonds is 5. The molecule has 1 atom stereocenters. The van der Waals surface area contributed by atoms with Crippen LogP contribution in [0.15, 0.2) is 6.07 Å². The first-order valence-corrected chi connectivity index (χ1v) is 6.44. The zero-order valence-electron chi connectivity index (χ0n) is 10.7. The molecule has 90 valence electrons. The Balaban J connectivity index is 2.08. The minimum Gasteiger partial charge on any atom is -0.312 e. The topological polar surface area (TPSA) is 29.9 Å². The summed E-state index contributed by atoms with van der Waals surface area (Å²) in [6, 6.07) is 2.72. The van der Waals surface area contributed by atoms with Gasteiger partial charge in [-0.2, -0.15) is 5.10 Å². The van der Waals surface area contributed by atoms with Crippen molar-refractivity contribution in [1.29, 1.82) is 0 Å². The van der Waals surface area contributed by atoms with Gasteiger partial charge in [0, 0.05) is 13.1 Å². The second-order valence-electron chi connectivity index (χ2n) is 4.91. The van der Waals surface area contributed by atoms with Crippen LogP contribution in [-0.2, 0) is 13.5 Å². The monoisotopic (exact) mass is 221 g/mol. The number of hydrogen-bond acceptors (Lipinski definition) is 2. The van der Waals surface area contributed by atoms with Gasteiger partial charge in [0.05, 0.1) is 11.4 Å². The molecule has 1 aliphatic carbocycles. The van der Waals surface area contributed by atoms with Crippen LogP contribution >= 0.6 is 0 Å².